The SMILES string of the molecule is CC1(C)c2ccccc2-c2ccc(N(c3ccc(C4CCCCC4)cc3)c3ccc4c(c3)C3(c5ccccc5-c5ccc(N(c6ccccc6)c6ccccc6)cc53)c3ccccc3-4)cc21. The van der Waals surface area contributed by atoms with Gasteiger partial charge in [0.05, 0.1) is 5.41 Å². The molecule has 318 valence electrons. The second kappa shape index (κ2) is 15.1. The summed E-state index contributed by atoms with van der Waals surface area (Å²) in [5.41, 5.74) is 23.7. The average molecular weight is 849 g/mol. The Hall–Kier alpha value is -7.42. The summed E-state index contributed by atoms with van der Waals surface area (Å²) in [5, 5.41) is 0. The fourth-order valence-electron chi connectivity index (χ4n) is 12.6. The van der Waals surface area contributed by atoms with Crippen molar-refractivity contribution in [1.29, 1.82) is 0 Å². The van der Waals surface area contributed by atoms with Crippen molar-refractivity contribution >= 4 is 34.1 Å². The number of nitrogens with zero attached hydrogens (tertiary/aromatic N) is 2. The molecule has 1 fully saturated rings. The van der Waals surface area contributed by atoms with Crippen molar-refractivity contribution in [2.45, 2.75) is 62.7 Å². The molecule has 0 amide bonds. The molecule has 0 bridgehead atoms. The van der Waals surface area contributed by atoms with Crippen molar-refractivity contribution in [3.63, 3.8) is 0 Å². The molecular weight excluding hydrogens is 797 g/mol. The first-order valence-corrected chi connectivity index (χ1v) is 24.0. The maximum atomic E-state index is 2.54. The normalized spacial score (nSPS) is 17.1. The summed E-state index contributed by atoms with van der Waals surface area (Å²) in [6.07, 6.45) is 6.59. The van der Waals surface area contributed by atoms with Crippen molar-refractivity contribution in [2.75, 3.05) is 9.80 Å². The third kappa shape index (κ3) is 5.73. The van der Waals surface area contributed by atoms with Gasteiger partial charge in [-0.1, -0.05) is 173 Å². The van der Waals surface area contributed by atoms with E-state index >= 15 is 0 Å². The third-order valence-electron chi connectivity index (χ3n) is 15.7. The topological polar surface area (TPSA) is 6.48 Å². The first-order valence-electron chi connectivity index (χ1n) is 24.0. The fourth-order valence-corrected chi connectivity index (χ4v) is 12.6. The molecule has 4 aliphatic rings. The van der Waals surface area contributed by atoms with E-state index in [9.17, 15) is 0 Å². The summed E-state index contributed by atoms with van der Waals surface area (Å²) in [6.45, 7) is 4.78. The van der Waals surface area contributed by atoms with Crippen LogP contribution < -0.4 is 9.80 Å². The first-order chi connectivity index (χ1) is 32.5. The molecule has 0 aliphatic heterocycles. The average Bonchev–Trinajstić information content (AvgIpc) is 3.93. The number of hydrogen-bond acceptors (Lipinski definition) is 2. The minimum absolute atomic E-state index is 0.121. The van der Waals surface area contributed by atoms with Gasteiger partial charge in [-0.2, -0.15) is 0 Å². The Kier molecular flexibility index (Phi) is 8.90. The van der Waals surface area contributed by atoms with Gasteiger partial charge in [0.2, 0.25) is 0 Å². The maximum Gasteiger partial charge on any atom is 0.0727 e. The van der Waals surface area contributed by atoms with Crippen molar-refractivity contribution < 1.29 is 0 Å². The van der Waals surface area contributed by atoms with E-state index in [1.165, 1.54) is 116 Å². The van der Waals surface area contributed by atoms with Gasteiger partial charge in [-0.3, -0.25) is 0 Å². The van der Waals surface area contributed by atoms with Gasteiger partial charge in [0.1, 0.15) is 0 Å². The Morgan fingerprint density at radius 2 is 0.682 bits per heavy atom. The summed E-state index contributed by atoms with van der Waals surface area (Å²) in [7, 11) is 0. The molecule has 1 spiro atoms. The highest BCUT2D eigenvalue weighted by molar-refractivity contribution is 5.98. The lowest BCUT2D eigenvalue weighted by Gasteiger charge is -2.33. The number of fused-ring (bicyclic) bond motifs is 13. The highest BCUT2D eigenvalue weighted by atomic mass is 15.1. The first kappa shape index (κ1) is 39.0. The second-order valence-corrected chi connectivity index (χ2v) is 19.5. The molecule has 1 unspecified atom stereocenters. The number of anilines is 6. The van der Waals surface area contributed by atoms with Gasteiger partial charge >= 0.3 is 0 Å². The Morgan fingerprint density at radius 1 is 0.318 bits per heavy atom. The van der Waals surface area contributed by atoms with Crippen LogP contribution in [0.15, 0.2) is 212 Å². The van der Waals surface area contributed by atoms with Crippen molar-refractivity contribution in [1.82, 2.24) is 0 Å². The number of para-hydroxylation sites is 2. The molecule has 66 heavy (non-hydrogen) atoms. The van der Waals surface area contributed by atoms with E-state index < -0.39 is 5.41 Å². The van der Waals surface area contributed by atoms with Crippen LogP contribution in [0.4, 0.5) is 34.1 Å². The van der Waals surface area contributed by atoms with Gasteiger partial charge in [-0.25, -0.2) is 0 Å². The Morgan fingerprint density at radius 3 is 1.20 bits per heavy atom. The Bertz CT molecular complexity index is 3270. The quantitative estimate of drug-likeness (QED) is 0.158. The molecule has 9 aromatic carbocycles. The highest BCUT2D eigenvalue weighted by Gasteiger charge is 2.52. The van der Waals surface area contributed by atoms with Crippen LogP contribution in [-0.4, -0.2) is 0 Å². The standard InChI is InChI=1S/C64H52N2/c1-63(2)57-27-15-12-24-51(57)54-37-34-48(40-60(54)63)66(47-32-30-44(31-33-47)43-18-6-3-7-19-43)50-36-39-56-53-26-14-17-29-59(53)64(62(56)42-50)58-28-16-13-25-52(58)55-38-35-49(41-61(55)64)65(45-20-8-4-9-21-45)46-22-10-5-11-23-46/h4-5,8-17,20-43H,3,6-7,18-19H2,1-2H3. The number of hydrogen-bond donors (Lipinski definition) is 0. The zero-order valence-corrected chi connectivity index (χ0v) is 37.7. The summed E-state index contributed by atoms with van der Waals surface area (Å²) >= 11 is 0. The van der Waals surface area contributed by atoms with Crippen molar-refractivity contribution in [2.24, 2.45) is 0 Å². The molecule has 0 saturated heterocycles. The zero-order chi connectivity index (χ0) is 44.0. The van der Waals surface area contributed by atoms with E-state index in [2.05, 4.69) is 236 Å². The minimum Gasteiger partial charge on any atom is -0.310 e. The lowest BCUT2D eigenvalue weighted by Crippen LogP contribution is -2.26. The summed E-state index contributed by atoms with van der Waals surface area (Å²) in [4.78, 5) is 4.94. The minimum atomic E-state index is -0.541. The van der Waals surface area contributed by atoms with Gasteiger partial charge in [0.15, 0.2) is 0 Å². The molecule has 0 N–H and O–H groups in total. The summed E-state index contributed by atoms with van der Waals surface area (Å²) < 4.78 is 0. The van der Waals surface area contributed by atoms with Crippen molar-refractivity contribution in [3.8, 4) is 33.4 Å². The fraction of sp³-hybridized carbons (Fsp3) is 0.156. The number of rotatable bonds is 7. The molecule has 1 atom stereocenters. The van der Waals surface area contributed by atoms with E-state index in [0.29, 0.717) is 5.92 Å². The van der Waals surface area contributed by atoms with Crippen LogP contribution in [0, 0.1) is 0 Å². The summed E-state index contributed by atoms with van der Waals surface area (Å²) in [5.74, 6) is 0.644. The largest absolute Gasteiger partial charge is 0.310 e. The van der Waals surface area contributed by atoms with Gasteiger partial charge in [-0.05, 0) is 164 Å². The van der Waals surface area contributed by atoms with Gasteiger partial charge in [0, 0.05) is 39.5 Å². The molecule has 0 radical (unpaired) electrons. The van der Waals surface area contributed by atoms with E-state index in [1.807, 2.05) is 0 Å². The van der Waals surface area contributed by atoms with Crippen LogP contribution >= 0.6 is 0 Å². The molecule has 9 aromatic rings. The molecule has 1 saturated carbocycles. The molecular formula is C64H52N2. The second-order valence-electron chi connectivity index (χ2n) is 19.5. The van der Waals surface area contributed by atoms with E-state index in [-0.39, 0.29) is 5.41 Å². The molecule has 2 nitrogen and oxygen atoms in total. The van der Waals surface area contributed by atoms with Crippen molar-refractivity contribution in [3.05, 3.63) is 251 Å². The predicted molar refractivity (Wildman–Crippen MR) is 275 cm³/mol. The third-order valence-corrected chi connectivity index (χ3v) is 15.7. The van der Waals surface area contributed by atoms with Crippen LogP contribution in [0.5, 0.6) is 0 Å². The van der Waals surface area contributed by atoms with Crippen LogP contribution in [0.1, 0.15) is 90.8 Å². The molecule has 0 heterocycles. The maximum absolute atomic E-state index is 2.54. The molecule has 0 aromatic heterocycles. The van der Waals surface area contributed by atoms with Gasteiger partial charge in [0.25, 0.3) is 0 Å². The lowest BCUT2D eigenvalue weighted by atomic mass is 9.70. The lowest BCUT2D eigenvalue weighted by molar-refractivity contribution is 0.443. The highest BCUT2D eigenvalue weighted by Crippen LogP contribution is 2.64. The van der Waals surface area contributed by atoms with Crippen LogP contribution in [-0.2, 0) is 10.8 Å². The summed E-state index contributed by atoms with van der Waals surface area (Å²) in [6, 6.07) is 80.3. The van der Waals surface area contributed by atoms with Crippen LogP contribution in [0.3, 0.4) is 0 Å². The van der Waals surface area contributed by atoms with E-state index in [4.69, 9.17) is 0 Å². The predicted octanol–water partition coefficient (Wildman–Crippen LogP) is 17.3. The zero-order valence-electron chi connectivity index (χ0n) is 37.7. The van der Waals surface area contributed by atoms with E-state index in [0.717, 1.165) is 22.7 Å². The van der Waals surface area contributed by atoms with Crippen LogP contribution in [0.2, 0.25) is 0 Å². The molecule has 2 heteroatoms. The smallest absolute Gasteiger partial charge is 0.0727 e. The monoisotopic (exact) mass is 848 g/mol. The van der Waals surface area contributed by atoms with Crippen LogP contribution in [0.25, 0.3) is 33.4 Å². The Labute approximate surface area is 389 Å². The number of benzene rings is 9. The molecule has 13 rings (SSSR count). The van der Waals surface area contributed by atoms with Gasteiger partial charge in [-0.15, -0.1) is 0 Å². The van der Waals surface area contributed by atoms with E-state index in [1.54, 1.807) is 0 Å². The Balaban J connectivity index is 1.03. The van der Waals surface area contributed by atoms with Gasteiger partial charge < -0.3 is 9.80 Å². The molecule has 4 aliphatic carbocycles.